The molecule has 2 N–H and O–H groups in total. The van der Waals surface area contributed by atoms with Gasteiger partial charge >= 0.3 is 0 Å². The van der Waals surface area contributed by atoms with Crippen LogP contribution >= 0.6 is 0 Å². The average molecular weight is 282 g/mol. The first-order valence-corrected chi connectivity index (χ1v) is 7.77. The van der Waals surface area contributed by atoms with Crippen molar-refractivity contribution in [2.75, 3.05) is 20.2 Å². The van der Waals surface area contributed by atoms with Gasteiger partial charge in [0, 0.05) is 18.5 Å². The summed E-state index contributed by atoms with van der Waals surface area (Å²) >= 11 is 0. The summed E-state index contributed by atoms with van der Waals surface area (Å²) in [6, 6.07) is 0. The molecule has 1 rings (SSSR count). The first-order chi connectivity index (χ1) is 9.53. The normalized spacial score (nSPS) is 21.9. The molecule has 0 aromatic heterocycles. The highest BCUT2D eigenvalue weighted by molar-refractivity contribution is 5.77. The summed E-state index contributed by atoms with van der Waals surface area (Å²) in [7, 11) is 1.87. The molecule has 0 bridgehead atoms. The molecule has 0 heterocycles. The van der Waals surface area contributed by atoms with Gasteiger partial charge < -0.3 is 15.4 Å². The molecule has 0 aromatic carbocycles. The highest BCUT2D eigenvalue weighted by Gasteiger charge is 2.19. The number of carbonyl (C=O) groups is 1. The third kappa shape index (κ3) is 7.65. The van der Waals surface area contributed by atoms with Gasteiger partial charge in [0.25, 0.3) is 0 Å². The Kier molecular flexibility index (Phi) is 7.85. The number of nitrogens with one attached hydrogen (secondary N) is 2. The Balaban J connectivity index is 2.14. The van der Waals surface area contributed by atoms with E-state index >= 15 is 0 Å². The van der Waals surface area contributed by atoms with Gasteiger partial charge in [-0.15, -0.1) is 0 Å². The second kappa shape index (κ2) is 9.14. The Hall–Kier alpha value is -0.870. The topological polar surface area (TPSA) is 50.4 Å². The molecule has 0 aromatic rings. The number of carbonyl (C=O) groups excluding carboxylic acids is 1. The lowest BCUT2D eigenvalue weighted by molar-refractivity contribution is -0.122. The van der Waals surface area contributed by atoms with Crippen molar-refractivity contribution in [2.24, 2.45) is 0 Å². The zero-order valence-electron chi connectivity index (χ0n) is 13.2. The van der Waals surface area contributed by atoms with Crippen LogP contribution in [0.2, 0.25) is 0 Å². The van der Waals surface area contributed by atoms with Crippen molar-refractivity contribution >= 4 is 5.91 Å². The molecule has 0 aliphatic heterocycles. The molecule has 1 amide bonds. The molecule has 1 unspecified atom stereocenters. The fraction of sp³-hybridized carbons (Fsp3) is 0.812. The van der Waals surface area contributed by atoms with Crippen LogP contribution in [-0.2, 0) is 9.53 Å². The van der Waals surface area contributed by atoms with Gasteiger partial charge in [-0.2, -0.15) is 0 Å². The van der Waals surface area contributed by atoms with Gasteiger partial charge in [-0.05, 0) is 40.2 Å². The van der Waals surface area contributed by atoms with Gasteiger partial charge in [0.1, 0.15) is 0 Å². The van der Waals surface area contributed by atoms with E-state index in [1.54, 1.807) is 0 Å². The predicted octanol–water partition coefficient (Wildman–Crippen LogP) is 2.40. The fourth-order valence-electron chi connectivity index (χ4n) is 2.22. The first-order valence-electron chi connectivity index (χ1n) is 7.77. The third-order valence-electron chi connectivity index (χ3n) is 3.75. The monoisotopic (exact) mass is 282 g/mol. The van der Waals surface area contributed by atoms with Gasteiger partial charge in [0.05, 0.1) is 12.7 Å². The maximum Gasteiger partial charge on any atom is 0.221 e. The summed E-state index contributed by atoms with van der Waals surface area (Å²) in [4.78, 5) is 11.7. The molecule has 0 saturated carbocycles. The average Bonchev–Trinajstić information content (AvgIpc) is 2.36. The zero-order chi connectivity index (χ0) is 14.8. The molecule has 20 heavy (non-hydrogen) atoms. The standard InChI is InChI=1S/C16H30N2O2/c1-16(2,17-3)13-15(19)18-11-12-20-14-9-7-5-4-6-8-10-14/h7,9,14,17H,4-6,8,10-13H2,1-3H3,(H,18,19)/b9-7-. The molecule has 4 heteroatoms. The maximum atomic E-state index is 11.7. The highest BCUT2D eigenvalue weighted by atomic mass is 16.5. The zero-order valence-corrected chi connectivity index (χ0v) is 13.2. The maximum absolute atomic E-state index is 11.7. The Morgan fingerprint density at radius 1 is 1.35 bits per heavy atom. The minimum absolute atomic E-state index is 0.0705. The smallest absolute Gasteiger partial charge is 0.221 e. The number of ether oxygens (including phenoxy) is 1. The SMILES string of the molecule is CNC(C)(C)CC(=O)NCCOC1/C=C\CCCCC1. The van der Waals surface area contributed by atoms with Gasteiger partial charge in [-0.3, -0.25) is 4.79 Å². The van der Waals surface area contributed by atoms with Gasteiger partial charge in [-0.25, -0.2) is 0 Å². The molecule has 1 aliphatic rings. The minimum Gasteiger partial charge on any atom is -0.372 e. The lowest BCUT2D eigenvalue weighted by Crippen LogP contribution is -2.42. The van der Waals surface area contributed by atoms with E-state index in [0.717, 1.165) is 12.8 Å². The lowest BCUT2D eigenvalue weighted by atomic mass is 10.0. The number of hydrogen-bond acceptors (Lipinski definition) is 3. The molecule has 116 valence electrons. The Bertz CT molecular complexity index is 314. The van der Waals surface area contributed by atoms with Crippen LogP contribution in [0.1, 0.15) is 52.4 Å². The molecule has 0 spiro atoms. The van der Waals surface area contributed by atoms with Crippen molar-refractivity contribution in [3.8, 4) is 0 Å². The summed E-state index contributed by atoms with van der Waals surface area (Å²) in [5.41, 5.74) is -0.160. The van der Waals surface area contributed by atoms with Crippen LogP contribution in [-0.4, -0.2) is 37.7 Å². The van der Waals surface area contributed by atoms with Crippen LogP contribution in [0.15, 0.2) is 12.2 Å². The van der Waals surface area contributed by atoms with Crippen LogP contribution in [0.3, 0.4) is 0 Å². The summed E-state index contributed by atoms with van der Waals surface area (Å²) in [5, 5.41) is 6.04. The molecule has 1 atom stereocenters. The first kappa shape index (κ1) is 17.2. The second-order valence-corrected chi connectivity index (χ2v) is 6.14. The van der Waals surface area contributed by atoms with E-state index in [-0.39, 0.29) is 17.6 Å². The number of amides is 1. The largest absolute Gasteiger partial charge is 0.372 e. The Labute approximate surface area is 123 Å². The minimum atomic E-state index is -0.160. The molecule has 0 radical (unpaired) electrons. The predicted molar refractivity (Wildman–Crippen MR) is 82.7 cm³/mol. The molecule has 4 nitrogen and oxygen atoms in total. The van der Waals surface area contributed by atoms with Crippen LogP contribution < -0.4 is 10.6 Å². The quantitative estimate of drug-likeness (QED) is 0.557. The Morgan fingerprint density at radius 3 is 2.90 bits per heavy atom. The number of rotatable bonds is 7. The van der Waals surface area contributed by atoms with Crippen LogP contribution in [0.25, 0.3) is 0 Å². The van der Waals surface area contributed by atoms with Crippen molar-refractivity contribution in [2.45, 2.75) is 64.0 Å². The summed E-state index contributed by atoms with van der Waals surface area (Å²) < 4.78 is 5.81. The van der Waals surface area contributed by atoms with E-state index in [1.807, 2.05) is 20.9 Å². The number of allylic oxidation sites excluding steroid dienone is 1. The van der Waals surface area contributed by atoms with Crippen molar-refractivity contribution in [3.63, 3.8) is 0 Å². The van der Waals surface area contributed by atoms with Crippen molar-refractivity contribution < 1.29 is 9.53 Å². The van der Waals surface area contributed by atoms with Crippen LogP contribution in [0.5, 0.6) is 0 Å². The lowest BCUT2D eigenvalue weighted by Gasteiger charge is -2.23. The molecular weight excluding hydrogens is 252 g/mol. The fourth-order valence-corrected chi connectivity index (χ4v) is 2.22. The van der Waals surface area contributed by atoms with E-state index in [9.17, 15) is 4.79 Å². The van der Waals surface area contributed by atoms with E-state index < -0.39 is 0 Å². The van der Waals surface area contributed by atoms with E-state index in [1.165, 1.54) is 19.3 Å². The number of hydrogen-bond donors (Lipinski definition) is 2. The van der Waals surface area contributed by atoms with Crippen LogP contribution in [0.4, 0.5) is 0 Å². The van der Waals surface area contributed by atoms with Gasteiger partial charge in [0.15, 0.2) is 0 Å². The van der Waals surface area contributed by atoms with Crippen molar-refractivity contribution in [1.82, 2.24) is 10.6 Å². The molecule has 0 fully saturated rings. The van der Waals surface area contributed by atoms with Crippen molar-refractivity contribution in [1.29, 1.82) is 0 Å². The van der Waals surface area contributed by atoms with E-state index in [4.69, 9.17) is 4.74 Å². The molecule has 0 saturated heterocycles. The summed E-state index contributed by atoms with van der Waals surface area (Å²) in [6.07, 6.45) is 11.2. The molecular formula is C16H30N2O2. The van der Waals surface area contributed by atoms with Crippen LogP contribution in [0, 0.1) is 0 Å². The Morgan fingerprint density at radius 2 is 2.15 bits per heavy atom. The highest BCUT2D eigenvalue weighted by Crippen LogP contribution is 2.14. The summed E-state index contributed by atoms with van der Waals surface area (Å²) in [6.45, 7) is 5.20. The second-order valence-electron chi connectivity index (χ2n) is 6.14. The van der Waals surface area contributed by atoms with E-state index in [0.29, 0.717) is 19.6 Å². The van der Waals surface area contributed by atoms with Gasteiger partial charge in [-0.1, -0.05) is 25.0 Å². The van der Waals surface area contributed by atoms with Gasteiger partial charge in [0.2, 0.25) is 5.91 Å². The third-order valence-corrected chi connectivity index (χ3v) is 3.75. The van der Waals surface area contributed by atoms with E-state index in [2.05, 4.69) is 22.8 Å². The molecule has 1 aliphatic carbocycles. The van der Waals surface area contributed by atoms with Crippen molar-refractivity contribution in [3.05, 3.63) is 12.2 Å². The summed E-state index contributed by atoms with van der Waals surface area (Å²) in [5.74, 6) is 0.0705.